The molecule has 0 saturated heterocycles. The number of aliphatic carboxylic acids is 1. The van der Waals surface area contributed by atoms with Gasteiger partial charge in [0.2, 0.25) is 0 Å². The number of carboxylic acid groups (broad SMARTS) is 1. The minimum atomic E-state index is -0.983. The highest BCUT2D eigenvalue weighted by molar-refractivity contribution is 5.64. The summed E-state index contributed by atoms with van der Waals surface area (Å²) in [5.74, 6) is -0.983. The molecule has 0 radical (unpaired) electrons. The van der Waals surface area contributed by atoms with Gasteiger partial charge in [0.15, 0.2) is 0 Å². The van der Waals surface area contributed by atoms with E-state index in [0.717, 1.165) is 0 Å². The van der Waals surface area contributed by atoms with Gasteiger partial charge in [-0.1, -0.05) is 12.2 Å². The fourth-order valence-electron chi connectivity index (χ4n) is 0.368. The Morgan fingerprint density at radius 2 is 2.38 bits per heavy atom. The maximum atomic E-state index is 9.73. The molecule has 0 spiro atoms. The van der Waals surface area contributed by atoms with Crippen LogP contribution in [0.5, 0.6) is 0 Å². The predicted molar refractivity (Wildman–Crippen MR) is 29.1 cm³/mol. The highest BCUT2D eigenvalue weighted by atomic mass is 16.4. The SMILES string of the molecule is C/C=C/CCC(=O)[O-]. The van der Waals surface area contributed by atoms with Crippen LogP contribution < -0.4 is 5.11 Å². The number of hydrogen-bond acceptors (Lipinski definition) is 2. The number of rotatable bonds is 3. The average Bonchev–Trinajstić information content (AvgIpc) is 1.66. The van der Waals surface area contributed by atoms with E-state index in [9.17, 15) is 9.90 Å². The smallest absolute Gasteiger partial charge is 0.0417 e. The number of carbonyl (C=O) groups is 1. The molecule has 2 nitrogen and oxygen atoms in total. The molecule has 0 aromatic carbocycles. The van der Waals surface area contributed by atoms with Crippen molar-refractivity contribution in [1.82, 2.24) is 0 Å². The van der Waals surface area contributed by atoms with E-state index in [1.165, 1.54) is 0 Å². The van der Waals surface area contributed by atoms with Gasteiger partial charge in [-0.15, -0.1) is 0 Å². The van der Waals surface area contributed by atoms with E-state index in [1.54, 1.807) is 6.08 Å². The molecule has 0 fully saturated rings. The van der Waals surface area contributed by atoms with Gasteiger partial charge in [0.25, 0.3) is 0 Å². The normalized spacial score (nSPS) is 10.1. The zero-order valence-corrected chi connectivity index (χ0v) is 4.89. The van der Waals surface area contributed by atoms with Gasteiger partial charge in [-0.25, -0.2) is 0 Å². The van der Waals surface area contributed by atoms with Crippen LogP contribution >= 0.6 is 0 Å². The molecule has 0 heterocycles. The van der Waals surface area contributed by atoms with E-state index in [-0.39, 0.29) is 6.42 Å². The second-order valence-corrected chi connectivity index (χ2v) is 1.48. The fraction of sp³-hybridized carbons (Fsp3) is 0.500. The number of allylic oxidation sites excluding steroid dienone is 2. The third kappa shape index (κ3) is 5.21. The predicted octanol–water partition coefficient (Wildman–Crippen LogP) is 0.0926. The van der Waals surface area contributed by atoms with Crippen LogP contribution in [-0.4, -0.2) is 5.97 Å². The Bertz CT molecular complexity index is 94.7. The third-order valence-electron chi connectivity index (χ3n) is 0.751. The largest absolute Gasteiger partial charge is 0.550 e. The van der Waals surface area contributed by atoms with Crippen LogP contribution in [0.3, 0.4) is 0 Å². The molecule has 0 saturated carbocycles. The topological polar surface area (TPSA) is 40.1 Å². The average molecular weight is 113 g/mol. The van der Waals surface area contributed by atoms with Crippen LogP contribution in [0.1, 0.15) is 19.8 Å². The van der Waals surface area contributed by atoms with E-state index in [4.69, 9.17) is 0 Å². The molecule has 46 valence electrons. The summed E-state index contributed by atoms with van der Waals surface area (Å²) in [5.41, 5.74) is 0. The van der Waals surface area contributed by atoms with Gasteiger partial charge in [-0.3, -0.25) is 0 Å². The molecule has 0 bridgehead atoms. The van der Waals surface area contributed by atoms with Crippen molar-refractivity contribution in [1.29, 1.82) is 0 Å². The summed E-state index contributed by atoms with van der Waals surface area (Å²) < 4.78 is 0. The summed E-state index contributed by atoms with van der Waals surface area (Å²) in [6, 6.07) is 0. The zero-order chi connectivity index (χ0) is 6.41. The Hall–Kier alpha value is -0.790. The molecule has 8 heavy (non-hydrogen) atoms. The van der Waals surface area contributed by atoms with Gasteiger partial charge in [0.05, 0.1) is 0 Å². The lowest BCUT2D eigenvalue weighted by molar-refractivity contribution is -0.305. The quantitative estimate of drug-likeness (QED) is 0.487. The molecule has 0 aliphatic rings. The Balaban J connectivity index is 3.05. The summed E-state index contributed by atoms with van der Waals surface area (Å²) in [7, 11) is 0. The van der Waals surface area contributed by atoms with Crippen LogP contribution in [0.4, 0.5) is 0 Å². The van der Waals surface area contributed by atoms with Crippen molar-refractivity contribution in [3.8, 4) is 0 Å². The van der Waals surface area contributed by atoms with Gasteiger partial charge >= 0.3 is 0 Å². The first kappa shape index (κ1) is 7.21. The Morgan fingerprint density at radius 3 is 2.75 bits per heavy atom. The van der Waals surface area contributed by atoms with Crippen LogP contribution in [0.25, 0.3) is 0 Å². The van der Waals surface area contributed by atoms with Crippen molar-refractivity contribution < 1.29 is 9.90 Å². The van der Waals surface area contributed by atoms with Crippen molar-refractivity contribution in [3.05, 3.63) is 12.2 Å². The van der Waals surface area contributed by atoms with Crippen molar-refractivity contribution >= 4 is 5.97 Å². The molecule has 0 N–H and O–H groups in total. The number of carboxylic acids is 1. The van der Waals surface area contributed by atoms with Crippen LogP contribution in [0.15, 0.2) is 12.2 Å². The second kappa shape index (κ2) is 4.37. The lowest BCUT2D eigenvalue weighted by Gasteiger charge is -1.94. The van der Waals surface area contributed by atoms with Crippen molar-refractivity contribution in [2.75, 3.05) is 0 Å². The molecule has 0 aliphatic heterocycles. The highest BCUT2D eigenvalue weighted by Crippen LogP contribution is 1.86. The molecular formula is C6H9O2-. The van der Waals surface area contributed by atoms with E-state index in [0.29, 0.717) is 6.42 Å². The molecule has 0 aromatic rings. The minimum Gasteiger partial charge on any atom is -0.550 e. The second-order valence-electron chi connectivity index (χ2n) is 1.48. The molecule has 0 unspecified atom stereocenters. The summed E-state index contributed by atoms with van der Waals surface area (Å²) in [5, 5.41) is 9.73. The van der Waals surface area contributed by atoms with Crippen molar-refractivity contribution in [2.45, 2.75) is 19.8 Å². The summed E-state index contributed by atoms with van der Waals surface area (Å²) >= 11 is 0. The van der Waals surface area contributed by atoms with Crippen LogP contribution in [-0.2, 0) is 4.79 Å². The van der Waals surface area contributed by atoms with Crippen molar-refractivity contribution in [2.24, 2.45) is 0 Å². The monoisotopic (exact) mass is 113 g/mol. The molecule has 0 atom stereocenters. The lowest BCUT2D eigenvalue weighted by Crippen LogP contribution is -2.21. The van der Waals surface area contributed by atoms with Crippen molar-refractivity contribution in [3.63, 3.8) is 0 Å². The van der Waals surface area contributed by atoms with Gasteiger partial charge < -0.3 is 9.90 Å². The van der Waals surface area contributed by atoms with E-state index >= 15 is 0 Å². The molecule has 0 rings (SSSR count). The van der Waals surface area contributed by atoms with Gasteiger partial charge in [0, 0.05) is 5.97 Å². The summed E-state index contributed by atoms with van der Waals surface area (Å²) in [4.78, 5) is 9.73. The first-order chi connectivity index (χ1) is 3.77. The maximum absolute atomic E-state index is 9.73. The van der Waals surface area contributed by atoms with Crippen LogP contribution in [0.2, 0.25) is 0 Å². The lowest BCUT2D eigenvalue weighted by atomic mass is 10.3. The minimum absolute atomic E-state index is 0.129. The van der Waals surface area contributed by atoms with Crippen LogP contribution in [0, 0.1) is 0 Å². The first-order valence-electron chi connectivity index (χ1n) is 2.58. The Kier molecular flexibility index (Phi) is 3.94. The van der Waals surface area contributed by atoms with E-state index < -0.39 is 5.97 Å². The van der Waals surface area contributed by atoms with E-state index in [2.05, 4.69) is 0 Å². The Labute approximate surface area is 48.8 Å². The number of hydrogen-bond donors (Lipinski definition) is 0. The van der Waals surface area contributed by atoms with Gasteiger partial charge in [-0.05, 0) is 19.8 Å². The molecule has 2 heteroatoms. The Morgan fingerprint density at radius 1 is 1.75 bits per heavy atom. The fourth-order valence-corrected chi connectivity index (χ4v) is 0.368. The third-order valence-corrected chi connectivity index (χ3v) is 0.751. The zero-order valence-electron chi connectivity index (χ0n) is 4.89. The highest BCUT2D eigenvalue weighted by Gasteiger charge is 1.78. The summed E-state index contributed by atoms with van der Waals surface area (Å²) in [6.45, 7) is 1.86. The molecular weight excluding hydrogens is 104 g/mol. The molecule has 0 aromatic heterocycles. The first-order valence-corrected chi connectivity index (χ1v) is 2.58. The molecule has 0 aliphatic carbocycles. The maximum Gasteiger partial charge on any atom is 0.0417 e. The molecule has 0 amide bonds. The van der Waals surface area contributed by atoms with E-state index in [1.807, 2.05) is 13.0 Å². The van der Waals surface area contributed by atoms with Gasteiger partial charge in [-0.2, -0.15) is 0 Å². The van der Waals surface area contributed by atoms with Gasteiger partial charge in [0.1, 0.15) is 0 Å². The summed E-state index contributed by atoms with van der Waals surface area (Å²) in [6.07, 6.45) is 4.34. The standard InChI is InChI=1S/C6H10O2/c1-2-3-4-5-6(7)8/h2-3H,4-5H2,1H3,(H,7,8)/p-1/b3-2+. The number of carbonyl (C=O) groups excluding carboxylic acids is 1.